The smallest absolute Gasteiger partial charge is 0.170 e. The molecule has 22 heavy (non-hydrogen) atoms. The SMILES string of the molecule is CC1CCC(N2c3ccccc3Oc3c(Cl)cccc32)=N1.Cl. The van der Waals surface area contributed by atoms with Gasteiger partial charge < -0.3 is 4.74 Å². The van der Waals surface area contributed by atoms with Crippen molar-refractivity contribution in [3.63, 3.8) is 0 Å². The Bertz CT molecular complexity index is 745. The van der Waals surface area contributed by atoms with Crippen molar-refractivity contribution in [2.75, 3.05) is 4.90 Å². The molecule has 0 aromatic heterocycles. The molecule has 0 radical (unpaired) electrons. The average Bonchev–Trinajstić information content (AvgIpc) is 2.92. The van der Waals surface area contributed by atoms with Gasteiger partial charge in [0.05, 0.1) is 16.4 Å². The maximum absolute atomic E-state index is 6.32. The van der Waals surface area contributed by atoms with Gasteiger partial charge in [0.2, 0.25) is 0 Å². The van der Waals surface area contributed by atoms with Gasteiger partial charge in [-0.25, -0.2) is 0 Å². The summed E-state index contributed by atoms with van der Waals surface area (Å²) in [7, 11) is 0. The van der Waals surface area contributed by atoms with E-state index in [0.717, 1.165) is 35.8 Å². The summed E-state index contributed by atoms with van der Waals surface area (Å²) in [6.07, 6.45) is 2.06. The molecule has 0 spiro atoms. The van der Waals surface area contributed by atoms with Crippen molar-refractivity contribution >= 4 is 41.2 Å². The highest BCUT2D eigenvalue weighted by atomic mass is 35.5. The summed E-state index contributed by atoms with van der Waals surface area (Å²) in [4.78, 5) is 6.97. The molecular formula is C17H16Cl2N2O. The molecule has 0 amide bonds. The normalized spacial score (nSPS) is 18.7. The van der Waals surface area contributed by atoms with Crippen molar-refractivity contribution < 1.29 is 4.74 Å². The topological polar surface area (TPSA) is 24.8 Å². The first-order valence-corrected chi connectivity index (χ1v) is 7.54. The van der Waals surface area contributed by atoms with E-state index in [-0.39, 0.29) is 12.4 Å². The van der Waals surface area contributed by atoms with Crippen LogP contribution in [0.3, 0.4) is 0 Å². The lowest BCUT2D eigenvalue weighted by atomic mass is 10.1. The van der Waals surface area contributed by atoms with Gasteiger partial charge in [0.1, 0.15) is 5.84 Å². The number of hydrogen-bond donors (Lipinski definition) is 0. The molecule has 0 saturated heterocycles. The minimum absolute atomic E-state index is 0. The lowest BCUT2D eigenvalue weighted by molar-refractivity contribution is 0.477. The highest BCUT2D eigenvalue weighted by molar-refractivity contribution is 6.33. The molecule has 0 bridgehead atoms. The number of hydrogen-bond acceptors (Lipinski definition) is 3. The first-order chi connectivity index (χ1) is 10.2. The first-order valence-electron chi connectivity index (χ1n) is 7.16. The molecule has 2 heterocycles. The lowest BCUT2D eigenvalue weighted by Gasteiger charge is -2.32. The van der Waals surface area contributed by atoms with Crippen LogP contribution in [0.1, 0.15) is 19.8 Å². The second-order valence-electron chi connectivity index (χ2n) is 5.43. The van der Waals surface area contributed by atoms with Crippen LogP contribution in [0.5, 0.6) is 11.5 Å². The molecule has 1 atom stereocenters. The van der Waals surface area contributed by atoms with Crippen LogP contribution >= 0.6 is 24.0 Å². The van der Waals surface area contributed by atoms with Gasteiger partial charge in [-0.3, -0.25) is 9.89 Å². The number of anilines is 2. The van der Waals surface area contributed by atoms with Crippen LogP contribution in [0.2, 0.25) is 5.02 Å². The Morgan fingerprint density at radius 1 is 1.14 bits per heavy atom. The third-order valence-electron chi connectivity index (χ3n) is 3.92. The van der Waals surface area contributed by atoms with E-state index in [1.54, 1.807) is 0 Å². The van der Waals surface area contributed by atoms with Crippen LogP contribution in [-0.4, -0.2) is 11.9 Å². The van der Waals surface area contributed by atoms with Crippen molar-refractivity contribution in [1.29, 1.82) is 0 Å². The third-order valence-corrected chi connectivity index (χ3v) is 4.22. The predicted octanol–water partition coefficient (Wildman–Crippen LogP) is 5.59. The molecule has 2 aliphatic rings. The largest absolute Gasteiger partial charge is 0.451 e. The molecule has 0 fully saturated rings. The van der Waals surface area contributed by atoms with Gasteiger partial charge in [0.25, 0.3) is 0 Å². The fraction of sp³-hybridized carbons (Fsp3) is 0.235. The molecule has 4 rings (SSSR count). The van der Waals surface area contributed by atoms with E-state index in [1.807, 2.05) is 36.4 Å². The fourth-order valence-corrected chi connectivity index (χ4v) is 3.12. The zero-order valence-electron chi connectivity index (χ0n) is 12.1. The zero-order valence-corrected chi connectivity index (χ0v) is 13.7. The second kappa shape index (κ2) is 5.82. The van der Waals surface area contributed by atoms with E-state index in [1.165, 1.54) is 0 Å². The number of fused-ring (bicyclic) bond motifs is 2. The van der Waals surface area contributed by atoms with Crippen LogP contribution in [0.15, 0.2) is 47.5 Å². The van der Waals surface area contributed by atoms with Crippen molar-refractivity contribution in [3.05, 3.63) is 47.5 Å². The maximum atomic E-state index is 6.32. The highest BCUT2D eigenvalue weighted by Gasteiger charge is 2.30. The number of ether oxygens (including phenoxy) is 1. The number of benzene rings is 2. The van der Waals surface area contributed by atoms with Gasteiger partial charge in [-0.1, -0.05) is 29.8 Å². The van der Waals surface area contributed by atoms with E-state index >= 15 is 0 Å². The van der Waals surface area contributed by atoms with Crippen molar-refractivity contribution in [3.8, 4) is 11.5 Å². The van der Waals surface area contributed by atoms with E-state index < -0.39 is 0 Å². The molecule has 2 aromatic carbocycles. The number of halogens is 2. The molecule has 0 aliphatic carbocycles. The molecule has 5 heteroatoms. The number of para-hydroxylation sites is 3. The average molecular weight is 335 g/mol. The standard InChI is InChI=1S/C17H15ClN2O.ClH/c1-11-9-10-16(19-11)20-13-6-2-3-8-15(13)21-17-12(18)5-4-7-14(17)20;/h2-8,11H,9-10H2,1H3;1H. The van der Waals surface area contributed by atoms with Crippen LogP contribution in [-0.2, 0) is 0 Å². The lowest BCUT2D eigenvalue weighted by Crippen LogP contribution is -2.27. The summed E-state index contributed by atoms with van der Waals surface area (Å²) in [6, 6.07) is 14.2. The summed E-state index contributed by atoms with van der Waals surface area (Å²) in [6.45, 7) is 2.15. The van der Waals surface area contributed by atoms with E-state index in [0.29, 0.717) is 16.8 Å². The van der Waals surface area contributed by atoms with Crippen LogP contribution < -0.4 is 9.64 Å². The number of amidine groups is 1. The third kappa shape index (κ3) is 2.34. The summed E-state index contributed by atoms with van der Waals surface area (Å²) in [5.41, 5.74) is 1.99. The van der Waals surface area contributed by atoms with E-state index in [4.69, 9.17) is 21.3 Å². The molecule has 114 valence electrons. The van der Waals surface area contributed by atoms with Gasteiger partial charge in [0, 0.05) is 12.5 Å². The monoisotopic (exact) mass is 334 g/mol. The Hall–Kier alpha value is -1.71. The number of rotatable bonds is 0. The van der Waals surface area contributed by atoms with E-state index in [9.17, 15) is 0 Å². The zero-order chi connectivity index (χ0) is 14.4. The molecule has 3 nitrogen and oxygen atoms in total. The van der Waals surface area contributed by atoms with Crippen molar-refractivity contribution in [2.45, 2.75) is 25.8 Å². The van der Waals surface area contributed by atoms with Gasteiger partial charge in [-0.2, -0.15) is 0 Å². The summed E-state index contributed by atoms with van der Waals surface area (Å²) in [5, 5.41) is 0.624. The molecule has 0 saturated carbocycles. The van der Waals surface area contributed by atoms with Gasteiger partial charge in [-0.15, -0.1) is 12.4 Å². The number of nitrogens with zero attached hydrogens (tertiary/aromatic N) is 2. The van der Waals surface area contributed by atoms with Crippen molar-refractivity contribution in [1.82, 2.24) is 0 Å². The minimum atomic E-state index is 0. The van der Waals surface area contributed by atoms with Crippen LogP contribution in [0, 0.1) is 0 Å². The van der Waals surface area contributed by atoms with E-state index in [2.05, 4.69) is 17.9 Å². The maximum Gasteiger partial charge on any atom is 0.170 e. The Balaban J connectivity index is 0.00000144. The second-order valence-corrected chi connectivity index (χ2v) is 5.83. The predicted molar refractivity (Wildman–Crippen MR) is 93.5 cm³/mol. The molecule has 0 N–H and O–H groups in total. The Morgan fingerprint density at radius 3 is 2.68 bits per heavy atom. The summed E-state index contributed by atoms with van der Waals surface area (Å²) < 4.78 is 6.00. The van der Waals surface area contributed by atoms with Gasteiger partial charge >= 0.3 is 0 Å². The van der Waals surface area contributed by atoms with Gasteiger partial charge in [0.15, 0.2) is 11.5 Å². The Kier molecular flexibility index (Phi) is 4.02. The fourth-order valence-electron chi connectivity index (χ4n) is 2.91. The molecule has 2 aliphatic heterocycles. The van der Waals surface area contributed by atoms with Crippen LogP contribution in [0.25, 0.3) is 0 Å². The first kappa shape index (κ1) is 15.2. The number of aliphatic imine (C=N–C) groups is 1. The van der Waals surface area contributed by atoms with Gasteiger partial charge in [-0.05, 0) is 37.6 Å². The van der Waals surface area contributed by atoms with Crippen LogP contribution in [0.4, 0.5) is 11.4 Å². The Labute approximate surface area is 141 Å². The molecule has 2 aromatic rings. The quantitative estimate of drug-likeness (QED) is 0.627. The Morgan fingerprint density at radius 2 is 1.91 bits per heavy atom. The summed E-state index contributed by atoms with van der Waals surface area (Å²) in [5.74, 6) is 2.61. The minimum Gasteiger partial charge on any atom is -0.451 e. The summed E-state index contributed by atoms with van der Waals surface area (Å²) >= 11 is 6.32. The molecular weight excluding hydrogens is 319 g/mol. The van der Waals surface area contributed by atoms with Crippen molar-refractivity contribution in [2.24, 2.45) is 4.99 Å². The molecule has 1 unspecified atom stereocenters. The highest BCUT2D eigenvalue weighted by Crippen LogP contribution is 2.50.